The number of amides is 3. The third kappa shape index (κ3) is 8.01. The first kappa shape index (κ1) is 30.5. The first-order chi connectivity index (χ1) is 18.3. The third-order valence-electron chi connectivity index (χ3n) is 6.99. The van der Waals surface area contributed by atoms with Crippen molar-refractivity contribution in [3.63, 3.8) is 0 Å². The van der Waals surface area contributed by atoms with Gasteiger partial charge in [0.15, 0.2) is 0 Å². The largest absolute Gasteiger partial charge is 0.444 e. The van der Waals surface area contributed by atoms with Gasteiger partial charge in [-0.25, -0.2) is 4.79 Å². The molecule has 1 fully saturated rings. The number of para-hydroxylation sites is 1. The lowest BCUT2D eigenvalue weighted by atomic mass is 9.94. The average molecular weight is 554 g/mol. The van der Waals surface area contributed by atoms with Gasteiger partial charge in [0.1, 0.15) is 17.7 Å². The monoisotopic (exact) mass is 553 g/mol. The van der Waals surface area contributed by atoms with Gasteiger partial charge in [0.25, 0.3) is 5.91 Å². The molecule has 1 aliphatic carbocycles. The molecule has 2 atom stereocenters. The number of carbonyl (C=O) groups excluding carboxylic acids is 3. The number of alkyl carbamates (subject to hydrolysis) is 1. The summed E-state index contributed by atoms with van der Waals surface area (Å²) in [5.41, 5.74) is 4.78. The molecule has 1 aliphatic rings. The van der Waals surface area contributed by atoms with Crippen LogP contribution >= 0.6 is 11.8 Å². The molecule has 0 spiro atoms. The van der Waals surface area contributed by atoms with Crippen molar-refractivity contribution in [2.75, 3.05) is 17.3 Å². The molecule has 0 heterocycles. The molecule has 7 nitrogen and oxygen atoms in total. The van der Waals surface area contributed by atoms with Gasteiger partial charge >= 0.3 is 6.09 Å². The van der Waals surface area contributed by atoms with Gasteiger partial charge < -0.3 is 20.3 Å². The van der Waals surface area contributed by atoms with E-state index in [0.29, 0.717) is 12.2 Å². The Kier molecular flexibility index (Phi) is 10.1. The van der Waals surface area contributed by atoms with Gasteiger partial charge in [0.05, 0.1) is 0 Å². The third-order valence-corrected chi connectivity index (χ3v) is 7.64. The second kappa shape index (κ2) is 12.9. The number of rotatable bonds is 10. The van der Waals surface area contributed by atoms with E-state index in [1.165, 1.54) is 0 Å². The molecular formula is C31H43N3O4S. The highest BCUT2D eigenvalue weighted by atomic mass is 32.2. The molecule has 1 saturated carbocycles. The van der Waals surface area contributed by atoms with Gasteiger partial charge in [0.2, 0.25) is 5.91 Å². The van der Waals surface area contributed by atoms with E-state index < -0.39 is 23.8 Å². The maximum absolute atomic E-state index is 14.3. The molecular weight excluding hydrogens is 510 g/mol. The maximum Gasteiger partial charge on any atom is 0.408 e. The lowest BCUT2D eigenvalue weighted by Crippen LogP contribution is -2.53. The zero-order chi connectivity index (χ0) is 28.9. The average Bonchev–Trinajstić information content (AvgIpc) is 3.68. The molecule has 0 aliphatic heterocycles. The number of hydrogen-bond donors (Lipinski definition) is 2. The summed E-state index contributed by atoms with van der Waals surface area (Å²) in [5, 5.41) is 5.96. The summed E-state index contributed by atoms with van der Waals surface area (Å²) in [4.78, 5) is 42.9. The number of ether oxygens (including phenoxy) is 1. The fourth-order valence-corrected chi connectivity index (χ4v) is 5.16. The molecule has 3 amide bonds. The van der Waals surface area contributed by atoms with E-state index in [-0.39, 0.29) is 17.9 Å². The fraction of sp³-hybridized carbons (Fsp3) is 0.516. The van der Waals surface area contributed by atoms with Crippen LogP contribution in [0, 0.1) is 27.7 Å². The lowest BCUT2D eigenvalue weighted by Gasteiger charge is -2.35. The van der Waals surface area contributed by atoms with Crippen molar-refractivity contribution in [1.82, 2.24) is 10.2 Å². The summed E-state index contributed by atoms with van der Waals surface area (Å²) in [6.07, 6.45) is 3.38. The highest BCUT2D eigenvalue weighted by molar-refractivity contribution is 7.98. The molecule has 212 valence electrons. The highest BCUT2D eigenvalue weighted by Gasteiger charge is 2.44. The molecule has 2 N–H and O–H groups in total. The Labute approximate surface area is 237 Å². The van der Waals surface area contributed by atoms with Crippen LogP contribution in [-0.4, -0.2) is 52.5 Å². The molecule has 8 heteroatoms. The minimum absolute atomic E-state index is 0.0802. The molecule has 2 unspecified atom stereocenters. The summed E-state index contributed by atoms with van der Waals surface area (Å²) >= 11 is 1.60. The number of benzene rings is 2. The Hall–Kier alpha value is -3.00. The molecule has 0 bridgehead atoms. The van der Waals surface area contributed by atoms with Crippen LogP contribution < -0.4 is 10.6 Å². The zero-order valence-corrected chi connectivity index (χ0v) is 25.3. The fourth-order valence-electron chi connectivity index (χ4n) is 4.68. The van der Waals surface area contributed by atoms with Crippen LogP contribution in [0.25, 0.3) is 0 Å². The number of carbonyl (C=O) groups is 3. The number of anilines is 1. The standard InChI is InChI=1S/C31H43N3O4S/c1-19-11-10-14-24(22(19)4)27(28(35)33-26-20(2)12-9-13-21(26)3)34(23-15-16-23)29(36)25(17-18-39-8)32-30(37)38-31(5,6)7/h9-14,23,25,27H,15-18H2,1-8H3,(H,32,37)(H,33,35). The van der Waals surface area contributed by atoms with Crippen LogP contribution in [0.3, 0.4) is 0 Å². The van der Waals surface area contributed by atoms with Crippen LogP contribution in [0.4, 0.5) is 10.5 Å². The van der Waals surface area contributed by atoms with Crippen molar-refractivity contribution in [2.24, 2.45) is 0 Å². The van der Waals surface area contributed by atoms with Gasteiger partial charge in [-0.15, -0.1) is 0 Å². The molecule has 0 aromatic heterocycles. The van der Waals surface area contributed by atoms with Gasteiger partial charge in [-0.05, 0) is 108 Å². The van der Waals surface area contributed by atoms with E-state index in [9.17, 15) is 14.4 Å². The Morgan fingerprint density at radius 3 is 2.15 bits per heavy atom. The van der Waals surface area contributed by atoms with E-state index in [4.69, 9.17) is 4.74 Å². The van der Waals surface area contributed by atoms with Crippen molar-refractivity contribution >= 4 is 35.4 Å². The van der Waals surface area contributed by atoms with Crippen LogP contribution in [0.2, 0.25) is 0 Å². The summed E-state index contributed by atoms with van der Waals surface area (Å²) in [5.74, 6) is 0.148. The van der Waals surface area contributed by atoms with Crippen LogP contribution in [-0.2, 0) is 14.3 Å². The van der Waals surface area contributed by atoms with Crippen LogP contribution in [0.5, 0.6) is 0 Å². The molecule has 0 radical (unpaired) electrons. The molecule has 0 saturated heterocycles. The maximum atomic E-state index is 14.3. The van der Waals surface area contributed by atoms with E-state index in [1.54, 1.807) is 37.4 Å². The van der Waals surface area contributed by atoms with Gasteiger partial charge in [0, 0.05) is 11.7 Å². The molecule has 3 rings (SSSR count). The van der Waals surface area contributed by atoms with Crippen molar-refractivity contribution < 1.29 is 19.1 Å². The van der Waals surface area contributed by atoms with Gasteiger partial charge in [-0.3, -0.25) is 9.59 Å². The van der Waals surface area contributed by atoms with E-state index >= 15 is 0 Å². The minimum Gasteiger partial charge on any atom is -0.444 e. The highest BCUT2D eigenvalue weighted by Crippen LogP contribution is 2.38. The first-order valence-corrected chi connectivity index (χ1v) is 15.0. The van der Waals surface area contributed by atoms with Crippen molar-refractivity contribution in [3.05, 3.63) is 64.2 Å². The van der Waals surface area contributed by atoms with Crippen molar-refractivity contribution in [2.45, 2.75) is 91.5 Å². The van der Waals surface area contributed by atoms with Crippen LogP contribution in [0.1, 0.15) is 73.9 Å². The second-order valence-electron chi connectivity index (χ2n) is 11.4. The Bertz CT molecular complexity index is 1180. The second-order valence-corrected chi connectivity index (χ2v) is 12.4. The molecule has 39 heavy (non-hydrogen) atoms. The molecule has 2 aromatic carbocycles. The van der Waals surface area contributed by atoms with Crippen LogP contribution in [0.15, 0.2) is 36.4 Å². The lowest BCUT2D eigenvalue weighted by molar-refractivity contribution is -0.141. The van der Waals surface area contributed by atoms with E-state index in [1.807, 2.05) is 70.3 Å². The van der Waals surface area contributed by atoms with E-state index in [0.717, 1.165) is 46.3 Å². The topological polar surface area (TPSA) is 87.7 Å². The number of hydrogen-bond acceptors (Lipinski definition) is 5. The quantitative estimate of drug-likeness (QED) is 0.364. The SMILES string of the molecule is CSCCC(NC(=O)OC(C)(C)C)C(=O)N(C1CC1)C(C(=O)Nc1c(C)cccc1C)c1cccc(C)c1C. The summed E-state index contributed by atoms with van der Waals surface area (Å²) in [7, 11) is 0. The minimum atomic E-state index is -0.846. The van der Waals surface area contributed by atoms with Crippen molar-refractivity contribution in [1.29, 1.82) is 0 Å². The Morgan fingerprint density at radius 2 is 1.59 bits per heavy atom. The Balaban J connectivity index is 2.05. The summed E-state index contributed by atoms with van der Waals surface area (Å²) in [6, 6.07) is 10.0. The smallest absolute Gasteiger partial charge is 0.408 e. The predicted octanol–water partition coefficient (Wildman–Crippen LogP) is 6.24. The number of thioether (sulfide) groups is 1. The predicted molar refractivity (Wildman–Crippen MR) is 159 cm³/mol. The summed E-state index contributed by atoms with van der Waals surface area (Å²) in [6.45, 7) is 13.3. The summed E-state index contributed by atoms with van der Waals surface area (Å²) < 4.78 is 5.48. The first-order valence-electron chi connectivity index (χ1n) is 13.6. The number of nitrogens with zero attached hydrogens (tertiary/aromatic N) is 1. The number of nitrogens with one attached hydrogen (secondary N) is 2. The number of aryl methyl sites for hydroxylation is 3. The molecule has 2 aromatic rings. The zero-order valence-electron chi connectivity index (χ0n) is 24.5. The normalized spacial score (nSPS) is 14.8. The van der Waals surface area contributed by atoms with Gasteiger partial charge in [-0.2, -0.15) is 11.8 Å². The van der Waals surface area contributed by atoms with E-state index in [2.05, 4.69) is 10.6 Å². The Morgan fingerprint density at radius 1 is 1.00 bits per heavy atom. The van der Waals surface area contributed by atoms with Crippen molar-refractivity contribution in [3.8, 4) is 0 Å². The van der Waals surface area contributed by atoms with Gasteiger partial charge in [-0.1, -0.05) is 36.4 Å².